The standard InChI is InChI=1S/C8H14O2/c1-7(4-5-9)8-3-2-6-10-8/h8-9H,1-6H2. The van der Waals surface area contributed by atoms with Gasteiger partial charge in [0, 0.05) is 13.2 Å². The molecular formula is C8H14O2. The largest absolute Gasteiger partial charge is 0.396 e. The molecule has 1 aliphatic rings. The second-order valence-corrected chi connectivity index (χ2v) is 2.63. The van der Waals surface area contributed by atoms with Crippen LogP contribution in [-0.4, -0.2) is 24.4 Å². The molecule has 0 aliphatic carbocycles. The zero-order valence-corrected chi connectivity index (χ0v) is 6.18. The third-order valence-corrected chi connectivity index (χ3v) is 1.82. The molecule has 0 aromatic heterocycles. The van der Waals surface area contributed by atoms with Crippen molar-refractivity contribution in [1.29, 1.82) is 0 Å². The fraction of sp³-hybridized carbons (Fsp3) is 0.750. The van der Waals surface area contributed by atoms with Gasteiger partial charge in [-0.3, -0.25) is 0 Å². The summed E-state index contributed by atoms with van der Waals surface area (Å²) >= 11 is 0. The zero-order valence-electron chi connectivity index (χ0n) is 6.18. The Balaban J connectivity index is 2.25. The van der Waals surface area contributed by atoms with Crippen LogP contribution in [0.1, 0.15) is 19.3 Å². The van der Waals surface area contributed by atoms with Crippen molar-refractivity contribution in [3.05, 3.63) is 12.2 Å². The van der Waals surface area contributed by atoms with Gasteiger partial charge in [0.1, 0.15) is 0 Å². The molecule has 0 spiro atoms. The van der Waals surface area contributed by atoms with Crippen LogP contribution in [0.25, 0.3) is 0 Å². The molecule has 0 aromatic rings. The summed E-state index contributed by atoms with van der Waals surface area (Å²) in [6.07, 6.45) is 3.13. The lowest BCUT2D eigenvalue weighted by molar-refractivity contribution is 0.131. The number of aliphatic hydroxyl groups excluding tert-OH is 1. The number of hydrogen-bond donors (Lipinski definition) is 1. The van der Waals surface area contributed by atoms with Crippen LogP contribution >= 0.6 is 0 Å². The predicted octanol–water partition coefficient (Wildman–Crippen LogP) is 1.10. The van der Waals surface area contributed by atoms with E-state index < -0.39 is 0 Å². The second-order valence-electron chi connectivity index (χ2n) is 2.63. The van der Waals surface area contributed by atoms with E-state index in [2.05, 4.69) is 6.58 Å². The smallest absolute Gasteiger partial charge is 0.0784 e. The molecule has 0 aromatic carbocycles. The van der Waals surface area contributed by atoms with Crippen molar-refractivity contribution in [2.75, 3.05) is 13.2 Å². The summed E-state index contributed by atoms with van der Waals surface area (Å²) < 4.78 is 5.36. The topological polar surface area (TPSA) is 29.5 Å². The van der Waals surface area contributed by atoms with Gasteiger partial charge in [-0.05, 0) is 24.8 Å². The predicted molar refractivity (Wildman–Crippen MR) is 39.8 cm³/mol. The number of aliphatic hydroxyl groups is 1. The minimum Gasteiger partial charge on any atom is -0.396 e. The number of ether oxygens (including phenoxy) is 1. The van der Waals surface area contributed by atoms with E-state index in [1.54, 1.807) is 0 Å². The molecule has 2 heteroatoms. The summed E-state index contributed by atoms with van der Waals surface area (Å²) in [5.74, 6) is 0. The average Bonchev–Trinajstić information content (AvgIpc) is 2.38. The summed E-state index contributed by atoms with van der Waals surface area (Å²) in [7, 11) is 0. The van der Waals surface area contributed by atoms with Gasteiger partial charge in [-0.25, -0.2) is 0 Å². The fourth-order valence-electron chi connectivity index (χ4n) is 1.20. The quantitative estimate of drug-likeness (QED) is 0.598. The van der Waals surface area contributed by atoms with Gasteiger partial charge in [-0.2, -0.15) is 0 Å². The van der Waals surface area contributed by atoms with Crippen molar-refractivity contribution in [1.82, 2.24) is 0 Å². The van der Waals surface area contributed by atoms with Crippen molar-refractivity contribution >= 4 is 0 Å². The highest BCUT2D eigenvalue weighted by Gasteiger charge is 2.17. The van der Waals surface area contributed by atoms with Crippen LogP contribution in [0.5, 0.6) is 0 Å². The van der Waals surface area contributed by atoms with Crippen LogP contribution in [0.4, 0.5) is 0 Å². The van der Waals surface area contributed by atoms with Crippen molar-refractivity contribution in [2.45, 2.75) is 25.4 Å². The van der Waals surface area contributed by atoms with Gasteiger partial charge >= 0.3 is 0 Å². The molecular weight excluding hydrogens is 128 g/mol. The van der Waals surface area contributed by atoms with E-state index in [4.69, 9.17) is 9.84 Å². The van der Waals surface area contributed by atoms with Crippen LogP contribution < -0.4 is 0 Å². The van der Waals surface area contributed by atoms with Gasteiger partial charge in [-0.1, -0.05) is 6.58 Å². The zero-order chi connectivity index (χ0) is 7.40. The molecule has 0 saturated carbocycles. The van der Waals surface area contributed by atoms with E-state index >= 15 is 0 Å². The Hall–Kier alpha value is -0.340. The molecule has 2 nitrogen and oxygen atoms in total. The molecule has 1 rings (SSSR count). The van der Waals surface area contributed by atoms with E-state index in [0.717, 1.165) is 25.0 Å². The first kappa shape index (κ1) is 7.76. The van der Waals surface area contributed by atoms with Gasteiger partial charge in [0.15, 0.2) is 0 Å². The molecule has 1 saturated heterocycles. The fourth-order valence-corrected chi connectivity index (χ4v) is 1.20. The highest BCUT2D eigenvalue weighted by Crippen LogP contribution is 2.20. The summed E-state index contributed by atoms with van der Waals surface area (Å²) in [5.41, 5.74) is 1.04. The molecule has 0 radical (unpaired) electrons. The Morgan fingerprint density at radius 2 is 2.50 bits per heavy atom. The normalized spacial score (nSPS) is 25.1. The first-order valence-corrected chi connectivity index (χ1v) is 3.74. The minimum absolute atomic E-state index is 0.193. The Kier molecular flexibility index (Phi) is 2.90. The van der Waals surface area contributed by atoms with Gasteiger partial charge in [0.05, 0.1) is 6.10 Å². The molecule has 1 fully saturated rings. The molecule has 1 heterocycles. The van der Waals surface area contributed by atoms with E-state index in [1.165, 1.54) is 0 Å². The van der Waals surface area contributed by atoms with Crippen LogP contribution in [0.3, 0.4) is 0 Å². The monoisotopic (exact) mass is 142 g/mol. The Morgan fingerprint density at radius 3 is 3.00 bits per heavy atom. The Morgan fingerprint density at radius 1 is 1.70 bits per heavy atom. The summed E-state index contributed by atoms with van der Waals surface area (Å²) in [6, 6.07) is 0. The summed E-state index contributed by atoms with van der Waals surface area (Å²) in [5, 5.41) is 8.58. The third kappa shape index (κ3) is 1.82. The first-order valence-electron chi connectivity index (χ1n) is 3.74. The molecule has 0 bridgehead atoms. The lowest BCUT2D eigenvalue weighted by atomic mass is 10.1. The van der Waals surface area contributed by atoms with Crippen LogP contribution in [0.2, 0.25) is 0 Å². The van der Waals surface area contributed by atoms with Gasteiger partial charge in [0.25, 0.3) is 0 Å². The summed E-state index contributed by atoms with van der Waals surface area (Å²) in [4.78, 5) is 0. The van der Waals surface area contributed by atoms with Crippen LogP contribution in [0.15, 0.2) is 12.2 Å². The maximum absolute atomic E-state index is 8.58. The molecule has 1 aliphatic heterocycles. The number of hydrogen-bond acceptors (Lipinski definition) is 2. The van der Waals surface area contributed by atoms with Crippen LogP contribution in [0, 0.1) is 0 Å². The van der Waals surface area contributed by atoms with Crippen molar-refractivity contribution < 1.29 is 9.84 Å². The van der Waals surface area contributed by atoms with Gasteiger partial charge < -0.3 is 9.84 Å². The number of rotatable bonds is 3. The maximum Gasteiger partial charge on any atom is 0.0784 e. The van der Waals surface area contributed by atoms with Crippen molar-refractivity contribution in [3.8, 4) is 0 Å². The highest BCUT2D eigenvalue weighted by molar-refractivity contribution is 5.03. The first-order chi connectivity index (χ1) is 4.84. The van der Waals surface area contributed by atoms with E-state index in [0.29, 0.717) is 6.42 Å². The second kappa shape index (κ2) is 3.74. The average molecular weight is 142 g/mol. The van der Waals surface area contributed by atoms with Crippen molar-refractivity contribution in [3.63, 3.8) is 0 Å². The third-order valence-electron chi connectivity index (χ3n) is 1.82. The SMILES string of the molecule is C=C(CCO)C1CCCO1. The molecule has 58 valence electrons. The molecule has 10 heavy (non-hydrogen) atoms. The van der Waals surface area contributed by atoms with Crippen molar-refractivity contribution in [2.24, 2.45) is 0 Å². The van der Waals surface area contributed by atoms with E-state index in [-0.39, 0.29) is 12.7 Å². The summed E-state index contributed by atoms with van der Waals surface area (Å²) in [6.45, 7) is 4.89. The lowest BCUT2D eigenvalue weighted by Gasteiger charge is -2.10. The lowest BCUT2D eigenvalue weighted by Crippen LogP contribution is -2.08. The minimum atomic E-state index is 0.193. The Bertz CT molecular complexity index is 114. The Labute approximate surface area is 61.5 Å². The van der Waals surface area contributed by atoms with Gasteiger partial charge in [-0.15, -0.1) is 0 Å². The molecule has 1 atom stereocenters. The highest BCUT2D eigenvalue weighted by atomic mass is 16.5. The molecule has 1 unspecified atom stereocenters. The molecule has 0 amide bonds. The van der Waals surface area contributed by atoms with E-state index in [1.807, 2.05) is 0 Å². The van der Waals surface area contributed by atoms with Crippen LogP contribution in [-0.2, 0) is 4.74 Å². The van der Waals surface area contributed by atoms with E-state index in [9.17, 15) is 0 Å². The van der Waals surface area contributed by atoms with Gasteiger partial charge in [0.2, 0.25) is 0 Å². The molecule has 1 N–H and O–H groups in total. The maximum atomic E-state index is 8.58.